The number of allylic oxidation sites excluding steroid dienone is 1. The zero-order valence-electron chi connectivity index (χ0n) is 9.32. The summed E-state index contributed by atoms with van der Waals surface area (Å²) in [5, 5.41) is 10.3. The van der Waals surface area contributed by atoms with E-state index in [1.54, 1.807) is 12.1 Å². The number of aliphatic hydroxyl groups is 1. The molecule has 1 N–H and O–H groups in total. The Kier molecular flexibility index (Phi) is 2.48. The molecule has 1 atom stereocenters. The van der Waals surface area contributed by atoms with E-state index in [9.17, 15) is 9.50 Å². The first-order valence-electron chi connectivity index (χ1n) is 5.81. The van der Waals surface area contributed by atoms with Crippen molar-refractivity contribution >= 4 is 16.5 Å². The number of hydrogen-bond acceptors (Lipinski definition) is 2. The SMILES string of the molecule is OC1C=C(c2cc3cccc(F)c3o2)CCC1. The first kappa shape index (κ1) is 10.5. The third-order valence-corrected chi connectivity index (χ3v) is 3.15. The lowest BCUT2D eigenvalue weighted by Crippen LogP contribution is -2.07. The molecule has 0 spiro atoms. The van der Waals surface area contributed by atoms with Crippen molar-refractivity contribution in [2.24, 2.45) is 0 Å². The molecule has 1 aromatic carbocycles. The number of furan rings is 1. The number of para-hydroxylation sites is 1. The molecule has 0 bridgehead atoms. The van der Waals surface area contributed by atoms with Gasteiger partial charge >= 0.3 is 0 Å². The fraction of sp³-hybridized carbons (Fsp3) is 0.286. The van der Waals surface area contributed by atoms with Gasteiger partial charge in [0.05, 0.1) is 6.10 Å². The summed E-state index contributed by atoms with van der Waals surface area (Å²) in [6.45, 7) is 0. The topological polar surface area (TPSA) is 33.4 Å². The van der Waals surface area contributed by atoms with Gasteiger partial charge in [0.1, 0.15) is 5.76 Å². The fourth-order valence-electron chi connectivity index (χ4n) is 2.29. The molecule has 1 aromatic heterocycles. The predicted octanol–water partition coefficient (Wildman–Crippen LogP) is 3.50. The molecule has 88 valence electrons. The van der Waals surface area contributed by atoms with Crippen LogP contribution in [0.4, 0.5) is 4.39 Å². The number of fused-ring (bicyclic) bond motifs is 1. The molecule has 1 heterocycles. The van der Waals surface area contributed by atoms with Crippen molar-refractivity contribution in [1.82, 2.24) is 0 Å². The highest BCUT2D eigenvalue weighted by atomic mass is 19.1. The van der Waals surface area contributed by atoms with Gasteiger partial charge in [0.25, 0.3) is 0 Å². The van der Waals surface area contributed by atoms with E-state index in [0.29, 0.717) is 11.3 Å². The van der Waals surface area contributed by atoms with Crippen LogP contribution in [-0.2, 0) is 0 Å². The molecule has 0 saturated carbocycles. The Bertz CT molecular complexity index is 583. The highest BCUT2D eigenvalue weighted by Gasteiger charge is 2.16. The number of halogens is 1. The van der Waals surface area contributed by atoms with Gasteiger partial charge in [-0.2, -0.15) is 0 Å². The summed E-state index contributed by atoms with van der Waals surface area (Å²) < 4.78 is 19.0. The minimum atomic E-state index is -0.406. The minimum Gasteiger partial charge on any atom is -0.453 e. The summed E-state index contributed by atoms with van der Waals surface area (Å²) in [5.41, 5.74) is 1.27. The van der Waals surface area contributed by atoms with Crippen LogP contribution in [0.2, 0.25) is 0 Å². The Morgan fingerprint density at radius 3 is 3.00 bits per heavy atom. The van der Waals surface area contributed by atoms with Crippen molar-refractivity contribution in [3.63, 3.8) is 0 Å². The summed E-state index contributed by atoms with van der Waals surface area (Å²) in [5.74, 6) is 0.328. The zero-order chi connectivity index (χ0) is 11.8. The smallest absolute Gasteiger partial charge is 0.170 e. The summed E-state index contributed by atoms with van der Waals surface area (Å²) in [6, 6.07) is 6.72. The summed E-state index contributed by atoms with van der Waals surface area (Å²) in [4.78, 5) is 0. The van der Waals surface area contributed by atoms with Crippen LogP contribution >= 0.6 is 0 Å². The molecule has 0 amide bonds. The third-order valence-electron chi connectivity index (χ3n) is 3.15. The maximum absolute atomic E-state index is 13.5. The first-order valence-corrected chi connectivity index (χ1v) is 5.81. The second-order valence-electron chi connectivity index (χ2n) is 4.42. The van der Waals surface area contributed by atoms with Crippen LogP contribution in [0.1, 0.15) is 25.0 Å². The van der Waals surface area contributed by atoms with E-state index in [-0.39, 0.29) is 5.82 Å². The maximum atomic E-state index is 13.5. The predicted molar refractivity (Wildman–Crippen MR) is 64.0 cm³/mol. The van der Waals surface area contributed by atoms with E-state index < -0.39 is 6.10 Å². The van der Waals surface area contributed by atoms with Gasteiger partial charge < -0.3 is 9.52 Å². The van der Waals surface area contributed by atoms with E-state index in [4.69, 9.17) is 4.42 Å². The molecule has 2 nitrogen and oxygen atoms in total. The molecule has 0 aliphatic heterocycles. The van der Waals surface area contributed by atoms with Crippen molar-refractivity contribution < 1.29 is 13.9 Å². The van der Waals surface area contributed by atoms with E-state index in [1.807, 2.05) is 12.1 Å². The second kappa shape index (κ2) is 4.00. The Balaban J connectivity index is 2.09. The number of aliphatic hydroxyl groups excluding tert-OH is 1. The lowest BCUT2D eigenvalue weighted by Gasteiger charge is -2.14. The number of hydrogen-bond donors (Lipinski definition) is 1. The van der Waals surface area contributed by atoms with E-state index in [2.05, 4.69) is 0 Å². The molecule has 1 aliphatic rings. The Hall–Kier alpha value is -1.61. The van der Waals surface area contributed by atoms with E-state index in [1.165, 1.54) is 6.07 Å². The Labute approximate surface area is 98.4 Å². The lowest BCUT2D eigenvalue weighted by atomic mass is 9.96. The monoisotopic (exact) mass is 232 g/mol. The quantitative estimate of drug-likeness (QED) is 0.816. The maximum Gasteiger partial charge on any atom is 0.170 e. The zero-order valence-corrected chi connectivity index (χ0v) is 9.32. The van der Waals surface area contributed by atoms with Gasteiger partial charge in [-0.1, -0.05) is 12.1 Å². The summed E-state index contributed by atoms with van der Waals surface area (Å²) in [7, 11) is 0. The van der Waals surface area contributed by atoms with Gasteiger partial charge in [-0.25, -0.2) is 4.39 Å². The van der Waals surface area contributed by atoms with Gasteiger partial charge in [-0.3, -0.25) is 0 Å². The van der Waals surface area contributed by atoms with Gasteiger partial charge in [-0.15, -0.1) is 0 Å². The highest BCUT2D eigenvalue weighted by molar-refractivity contribution is 5.82. The van der Waals surface area contributed by atoms with Gasteiger partial charge in [0, 0.05) is 5.39 Å². The molecular weight excluding hydrogens is 219 g/mol. The van der Waals surface area contributed by atoms with Crippen molar-refractivity contribution in [1.29, 1.82) is 0 Å². The summed E-state index contributed by atoms with van der Waals surface area (Å²) in [6.07, 6.45) is 4.00. The Morgan fingerprint density at radius 1 is 1.35 bits per heavy atom. The van der Waals surface area contributed by atoms with E-state index in [0.717, 1.165) is 30.2 Å². The largest absolute Gasteiger partial charge is 0.453 e. The molecule has 0 saturated heterocycles. The van der Waals surface area contributed by atoms with Gasteiger partial charge in [0.2, 0.25) is 0 Å². The second-order valence-corrected chi connectivity index (χ2v) is 4.42. The van der Waals surface area contributed by atoms with Gasteiger partial charge in [0.15, 0.2) is 11.4 Å². The van der Waals surface area contributed by atoms with Crippen molar-refractivity contribution in [3.05, 3.63) is 41.9 Å². The van der Waals surface area contributed by atoms with Crippen molar-refractivity contribution in [2.45, 2.75) is 25.4 Å². The highest BCUT2D eigenvalue weighted by Crippen LogP contribution is 2.31. The number of rotatable bonds is 1. The lowest BCUT2D eigenvalue weighted by molar-refractivity contribution is 0.205. The van der Waals surface area contributed by atoms with Crippen LogP contribution in [0.3, 0.4) is 0 Å². The molecule has 0 fully saturated rings. The van der Waals surface area contributed by atoms with Crippen molar-refractivity contribution in [2.75, 3.05) is 0 Å². The van der Waals surface area contributed by atoms with Gasteiger partial charge in [-0.05, 0) is 43.0 Å². The first-order chi connectivity index (χ1) is 8.24. The molecule has 1 unspecified atom stereocenters. The standard InChI is InChI=1S/C14H13FO2/c15-12-6-2-4-10-8-13(17-14(10)12)9-3-1-5-11(16)7-9/h2,4,6-8,11,16H,1,3,5H2. The van der Waals surface area contributed by atoms with Crippen LogP contribution in [0.25, 0.3) is 16.5 Å². The molecule has 2 aromatic rings. The minimum absolute atomic E-state index is 0.295. The van der Waals surface area contributed by atoms with Crippen LogP contribution in [-0.4, -0.2) is 11.2 Å². The molecule has 3 heteroatoms. The normalized spacial score (nSPS) is 20.6. The Morgan fingerprint density at radius 2 is 2.24 bits per heavy atom. The van der Waals surface area contributed by atoms with Crippen LogP contribution in [0.5, 0.6) is 0 Å². The average molecular weight is 232 g/mol. The summed E-state index contributed by atoms with van der Waals surface area (Å²) >= 11 is 0. The average Bonchev–Trinajstić information content (AvgIpc) is 2.74. The van der Waals surface area contributed by atoms with Crippen LogP contribution in [0.15, 0.2) is 34.8 Å². The van der Waals surface area contributed by atoms with Crippen LogP contribution in [0, 0.1) is 5.82 Å². The third kappa shape index (κ3) is 1.87. The molecule has 0 radical (unpaired) electrons. The van der Waals surface area contributed by atoms with Crippen LogP contribution < -0.4 is 0 Å². The molecule has 1 aliphatic carbocycles. The molecule has 3 rings (SSSR count). The molecular formula is C14H13FO2. The van der Waals surface area contributed by atoms with E-state index >= 15 is 0 Å². The number of benzene rings is 1. The fourth-order valence-corrected chi connectivity index (χ4v) is 2.29. The molecule has 17 heavy (non-hydrogen) atoms. The van der Waals surface area contributed by atoms with Crippen molar-refractivity contribution in [3.8, 4) is 0 Å².